The molecular weight excluding hydrogens is 228 g/mol. The van der Waals surface area contributed by atoms with Gasteiger partial charge >= 0.3 is 0 Å². The van der Waals surface area contributed by atoms with Crippen LogP contribution in [0.15, 0.2) is 0 Å². The van der Waals surface area contributed by atoms with Crippen LogP contribution >= 0.6 is 0 Å². The third-order valence-corrected chi connectivity index (χ3v) is 2.43. The van der Waals surface area contributed by atoms with E-state index < -0.39 is 31.4 Å². The van der Waals surface area contributed by atoms with E-state index in [9.17, 15) is 4.79 Å². The second-order valence-electron chi connectivity index (χ2n) is 3.90. The SMILES string of the molecule is COCCNC(=O)C(C)NC(CO)(CO)CO. The molecule has 0 bridgehead atoms. The van der Waals surface area contributed by atoms with E-state index in [1.165, 1.54) is 7.11 Å². The first-order chi connectivity index (χ1) is 8.05. The molecule has 17 heavy (non-hydrogen) atoms. The molecule has 7 heteroatoms. The van der Waals surface area contributed by atoms with Crippen molar-refractivity contribution in [2.75, 3.05) is 40.1 Å². The number of amides is 1. The molecule has 0 heterocycles. The summed E-state index contributed by atoms with van der Waals surface area (Å²) >= 11 is 0. The van der Waals surface area contributed by atoms with Crippen molar-refractivity contribution >= 4 is 5.91 Å². The number of hydrogen-bond acceptors (Lipinski definition) is 6. The Morgan fingerprint density at radius 1 is 1.29 bits per heavy atom. The quantitative estimate of drug-likeness (QED) is 0.288. The Kier molecular flexibility index (Phi) is 8.01. The highest BCUT2D eigenvalue weighted by Crippen LogP contribution is 2.03. The Morgan fingerprint density at radius 2 is 1.82 bits per heavy atom. The first kappa shape index (κ1) is 16.3. The van der Waals surface area contributed by atoms with E-state index in [0.717, 1.165) is 0 Å². The van der Waals surface area contributed by atoms with Gasteiger partial charge in [-0.25, -0.2) is 0 Å². The fourth-order valence-corrected chi connectivity index (χ4v) is 1.24. The zero-order valence-corrected chi connectivity index (χ0v) is 10.3. The van der Waals surface area contributed by atoms with Crippen molar-refractivity contribution in [3.63, 3.8) is 0 Å². The second kappa shape index (κ2) is 8.37. The molecule has 0 aromatic rings. The molecule has 0 fully saturated rings. The van der Waals surface area contributed by atoms with E-state index in [2.05, 4.69) is 10.6 Å². The number of carbonyl (C=O) groups excluding carboxylic acids is 1. The lowest BCUT2D eigenvalue weighted by molar-refractivity contribution is -0.124. The van der Waals surface area contributed by atoms with E-state index in [1.807, 2.05) is 0 Å². The Hall–Kier alpha value is -0.730. The third-order valence-electron chi connectivity index (χ3n) is 2.43. The highest BCUT2D eigenvalue weighted by Gasteiger charge is 2.31. The molecule has 0 aromatic carbocycles. The number of aliphatic hydroxyl groups excluding tert-OH is 3. The standard InChI is InChI=1S/C10H22N2O5/c1-8(9(16)11-3-4-17-2)12-10(5-13,6-14)7-15/h8,12-15H,3-7H2,1-2H3,(H,11,16). The average Bonchev–Trinajstić information content (AvgIpc) is 2.36. The molecule has 0 radical (unpaired) electrons. The number of aliphatic hydroxyl groups is 3. The van der Waals surface area contributed by atoms with Gasteiger partial charge < -0.3 is 25.4 Å². The number of carbonyl (C=O) groups is 1. The molecule has 7 nitrogen and oxygen atoms in total. The maximum Gasteiger partial charge on any atom is 0.236 e. The van der Waals surface area contributed by atoms with E-state index in [4.69, 9.17) is 20.1 Å². The minimum absolute atomic E-state index is 0.290. The first-order valence-corrected chi connectivity index (χ1v) is 5.42. The molecule has 0 aromatic heterocycles. The first-order valence-electron chi connectivity index (χ1n) is 5.42. The van der Waals surface area contributed by atoms with Crippen molar-refractivity contribution in [3.8, 4) is 0 Å². The molecule has 0 spiro atoms. The van der Waals surface area contributed by atoms with Crippen LogP contribution in [0.4, 0.5) is 0 Å². The summed E-state index contributed by atoms with van der Waals surface area (Å²) in [5.74, 6) is -0.290. The van der Waals surface area contributed by atoms with Gasteiger partial charge in [-0.1, -0.05) is 0 Å². The van der Waals surface area contributed by atoms with Gasteiger partial charge in [0.1, 0.15) is 0 Å². The molecule has 1 amide bonds. The molecule has 0 aliphatic heterocycles. The Labute approximate surface area is 101 Å². The van der Waals surface area contributed by atoms with Crippen molar-refractivity contribution < 1.29 is 24.9 Å². The lowest BCUT2D eigenvalue weighted by Gasteiger charge is -2.31. The maximum absolute atomic E-state index is 11.6. The summed E-state index contributed by atoms with van der Waals surface area (Å²) in [7, 11) is 1.53. The normalized spacial score (nSPS) is 13.5. The summed E-state index contributed by atoms with van der Waals surface area (Å²) in [5.41, 5.74) is -1.25. The Morgan fingerprint density at radius 3 is 2.24 bits per heavy atom. The minimum Gasteiger partial charge on any atom is -0.394 e. The topological polar surface area (TPSA) is 111 Å². The number of nitrogens with one attached hydrogen (secondary N) is 2. The van der Waals surface area contributed by atoms with E-state index in [-0.39, 0.29) is 5.91 Å². The van der Waals surface area contributed by atoms with E-state index in [0.29, 0.717) is 13.2 Å². The van der Waals surface area contributed by atoms with Gasteiger partial charge in [-0.05, 0) is 6.92 Å². The van der Waals surface area contributed by atoms with Crippen molar-refractivity contribution in [3.05, 3.63) is 0 Å². The number of ether oxygens (including phenoxy) is 1. The van der Waals surface area contributed by atoms with E-state index in [1.54, 1.807) is 6.92 Å². The molecule has 5 N–H and O–H groups in total. The van der Waals surface area contributed by atoms with E-state index >= 15 is 0 Å². The Balaban J connectivity index is 4.21. The summed E-state index contributed by atoms with van der Waals surface area (Å²) in [5, 5.41) is 32.6. The lowest BCUT2D eigenvalue weighted by Crippen LogP contribution is -2.60. The van der Waals surface area contributed by atoms with Crippen LogP contribution < -0.4 is 10.6 Å². The van der Waals surface area contributed by atoms with Crippen LogP contribution in [0.3, 0.4) is 0 Å². The van der Waals surface area contributed by atoms with Gasteiger partial charge in [-0.3, -0.25) is 10.1 Å². The van der Waals surface area contributed by atoms with Gasteiger partial charge in [0.25, 0.3) is 0 Å². The lowest BCUT2D eigenvalue weighted by atomic mass is 10.0. The smallest absolute Gasteiger partial charge is 0.236 e. The van der Waals surface area contributed by atoms with Crippen LogP contribution in [0.25, 0.3) is 0 Å². The van der Waals surface area contributed by atoms with Crippen LogP contribution in [-0.2, 0) is 9.53 Å². The minimum atomic E-state index is -1.25. The van der Waals surface area contributed by atoms with Crippen molar-refractivity contribution in [1.29, 1.82) is 0 Å². The zero-order valence-electron chi connectivity index (χ0n) is 10.3. The van der Waals surface area contributed by atoms with Gasteiger partial charge in [0.2, 0.25) is 5.91 Å². The van der Waals surface area contributed by atoms with Crippen LogP contribution in [0, 0.1) is 0 Å². The fraction of sp³-hybridized carbons (Fsp3) is 0.900. The maximum atomic E-state index is 11.6. The van der Waals surface area contributed by atoms with Crippen molar-refractivity contribution in [2.45, 2.75) is 18.5 Å². The Bertz CT molecular complexity index is 212. The van der Waals surface area contributed by atoms with Crippen LogP contribution in [0.5, 0.6) is 0 Å². The summed E-state index contributed by atoms with van der Waals surface area (Å²) < 4.78 is 4.78. The predicted molar refractivity (Wildman–Crippen MR) is 61.5 cm³/mol. The molecule has 0 saturated heterocycles. The van der Waals surface area contributed by atoms with Crippen molar-refractivity contribution in [1.82, 2.24) is 10.6 Å². The molecule has 0 aliphatic carbocycles. The number of methoxy groups -OCH3 is 1. The summed E-state index contributed by atoms with van der Waals surface area (Å²) in [4.78, 5) is 11.6. The second-order valence-corrected chi connectivity index (χ2v) is 3.90. The monoisotopic (exact) mass is 250 g/mol. The molecule has 102 valence electrons. The molecule has 1 atom stereocenters. The zero-order chi connectivity index (χ0) is 13.3. The van der Waals surface area contributed by atoms with Crippen LogP contribution in [0.2, 0.25) is 0 Å². The molecule has 0 rings (SSSR count). The highest BCUT2D eigenvalue weighted by atomic mass is 16.5. The molecular formula is C10H22N2O5. The van der Waals surface area contributed by atoms with Crippen LogP contribution in [0.1, 0.15) is 6.92 Å². The predicted octanol–water partition coefficient (Wildman–Crippen LogP) is -2.56. The molecule has 0 saturated carbocycles. The molecule has 1 unspecified atom stereocenters. The number of rotatable bonds is 9. The highest BCUT2D eigenvalue weighted by molar-refractivity contribution is 5.81. The largest absolute Gasteiger partial charge is 0.394 e. The van der Waals surface area contributed by atoms with Crippen LogP contribution in [-0.4, -0.2) is 72.9 Å². The summed E-state index contributed by atoms with van der Waals surface area (Å²) in [6, 6.07) is -0.640. The van der Waals surface area contributed by atoms with Gasteiger partial charge in [-0.2, -0.15) is 0 Å². The van der Waals surface area contributed by atoms with Crippen molar-refractivity contribution in [2.24, 2.45) is 0 Å². The fourth-order valence-electron chi connectivity index (χ4n) is 1.24. The van der Waals surface area contributed by atoms with Gasteiger partial charge in [0, 0.05) is 13.7 Å². The summed E-state index contributed by atoms with van der Waals surface area (Å²) in [6.07, 6.45) is 0. The van der Waals surface area contributed by atoms with Gasteiger partial charge in [-0.15, -0.1) is 0 Å². The number of hydrogen-bond donors (Lipinski definition) is 5. The summed E-state index contributed by atoms with van der Waals surface area (Å²) in [6.45, 7) is 0.980. The average molecular weight is 250 g/mol. The molecule has 0 aliphatic rings. The van der Waals surface area contributed by atoms with Gasteiger partial charge in [0.05, 0.1) is 38.0 Å². The third kappa shape index (κ3) is 5.42. The van der Waals surface area contributed by atoms with Gasteiger partial charge in [0.15, 0.2) is 0 Å².